The molecule has 0 fully saturated rings. The molecular formula is C21H21NO6. The molecule has 7 heteroatoms. The minimum atomic E-state index is -1.12. The molecule has 0 saturated heterocycles. The number of aromatic carboxylic acids is 2. The highest BCUT2D eigenvalue weighted by atomic mass is 16.5. The van der Waals surface area contributed by atoms with Crippen molar-refractivity contribution in [2.24, 2.45) is 0 Å². The summed E-state index contributed by atoms with van der Waals surface area (Å²) in [6, 6.07) is 11.7. The normalized spacial score (nSPS) is 12.8. The number of carboxylic acid groups (broad SMARTS) is 2. The van der Waals surface area contributed by atoms with Crippen molar-refractivity contribution in [1.82, 2.24) is 0 Å². The van der Waals surface area contributed by atoms with Crippen LogP contribution in [0.3, 0.4) is 0 Å². The average Bonchev–Trinajstić information content (AvgIpc) is 2.68. The number of nitrogens with zero attached hydrogens (tertiary/aromatic N) is 1. The number of aryl methyl sites for hydroxylation is 1. The number of hydrogen-bond donors (Lipinski definition) is 2. The number of Topliss-reactive ketones (excluding diaryl/α,β-unsaturated/α-hetero) is 1. The molecular weight excluding hydrogens is 362 g/mol. The molecule has 1 aliphatic heterocycles. The quantitative estimate of drug-likeness (QED) is 0.834. The lowest BCUT2D eigenvalue weighted by molar-refractivity contribution is -0.117. The molecule has 0 aromatic heterocycles. The van der Waals surface area contributed by atoms with Crippen molar-refractivity contribution < 1.29 is 29.3 Å². The number of carboxylic acids is 2. The number of anilines is 1. The van der Waals surface area contributed by atoms with E-state index in [2.05, 4.69) is 0 Å². The summed E-state index contributed by atoms with van der Waals surface area (Å²) >= 11 is 0. The van der Waals surface area contributed by atoms with Crippen molar-refractivity contribution in [1.29, 1.82) is 0 Å². The van der Waals surface area contributed by atoms with Crippen LogP contribution >= 0.6 is 0 Å². The first kappa shape index (κ1) is 20.7. The Morgan fingerprint density at radius 2 is 1.57 bits per heavy atom. The molecule has 0 bridgehead atoms. The van der Waals surface area contributed by atoms with Crippen molar-refractivity contribution >= 4 is 23.4 Å². The lowest BCUT2D eigenvalue weighted by Crippen LogP contribution is -2.27. The van der Waals surface area contributed by atoms with Crippen LogP contribution in [0.4, 0.5) is 5.69 Å². The van der Waals surface area contributed by atoms with Gasteiger partial charge in [0.25, 0.3) is 0 Å². The Morgan fingerprint density at radius 1 is 1.00 bits per heavy atom. The summed E-state index contributed by atoms with van der Waals surface area (Å²) < 4.78 is 5.07. The van der Waals surface area contributed by atoms with Gasteiger partial charge in [0.15, 0.2) is 5.78 Å². The van der Waals surface area contributed by atoms with Gasteiger partial charge in [-0.2, -0.15) is 0 Å². The number of carbonyl (C=O) groups is 3. The van der Waals surface area contributed by atoms with Crippen LogP contribution in [-0.2, 0) is 4.79 Å². The summed E-state index contributed by atoms with van der Waals surface area (Å²) in [4.78, 5) is 34.3. The average molecular weight is 383 g/mol. The lowest BCUT2D eigenvalue weighted by Gasteiger charge is -2.22. The molecule has 1 heterocycles. The highest BCUT2D eigenvalue weighted by Gasteiger charge is 2.12. The van der Waals surface area contributed by atoms with E-state index in [9.17, 15) is 14.4 Å². The molecule has 0 saturated carbocycles. The maximum Gasteiger partial charge on any atom is 0.335 e. The third-order valence-corrected chi connectivity index (χ3v) is 3.95. The van der Waals surface area contributed by atoms with Crippen LogP contribution in [0.15, 0.2) is 54.7 Å². The zero-order valence-electron chi connectivity index (χ0n) is 15.6. The smallest absolute Gasteiger partial charge is 0.335 e. The molecule has 0 unspecified atom stereocenters. The Bertz CT molecular complexity index is 869. The van der Waals surface area contributed by atoms with Crippen molar-refractivity contribution in [2.75, 3.05) is 18.6 Å². The molecule has 0 aliphatic carbocycles. The van der Waals surface area contributed by atoms with Crippen molar-refractivity contribution in [3.63, 3.8) is 0 Å². The second-order valence-corrected chi connectivity index (χ2v) is 6.15. The van der Waals surface area contributed by atoms with E-state index in [0.29, 0.717) is 18.5 Å². The summed E-state index contributed by atoms with van der Waals surface area (Å²) in [5.41, 5.74) is 1.63. The van der Waals surface area contributed by atoms with Gasteiger partial charge in [0.2, 0.25) is 0 Å². The van der Waals surface area contributed by atoms with E-state index >= 15 is 0 Å². The van der Waals surface area contributed by atoms with Crippen LogP contribution in [0.5, 0.6) is 5.75 Å². The van der Waals surface area contributed by atoms with Gasteiger partial charge in [-0.05, 0) is 55.0 Å². The Kier molecular flexibility index (Phi) is 6.92. The van der Waals surface area contributed by atoms with Gasteiger partial charge in [0, 0.05) is 18.3 Å². The SMILES string of the molecule is COc1ccc(N2C=CCC(=O)C2)cc1.Cc1cc(C(=O)O)cc(C(=O)O)c1. The number of ether oxygens (including phenoxy) is 1. The molecule has 146 valence electrons. The maximum absolute atomic E-state index is 11.3. The number of ketones is 1. The fourth-order valence-electron chi connectivity index (χ4n) is 2.60. The van der Waals surface area contributed by atoms with Gasteiger partial charge in [-0.25, -0.2) is 9.59 Å². The van der Waals surface area contributed by atoms with Gasteiger partial charge < -0.3 is 19.8 Å². The second kappa shape index (κ2) is 9.36. The summed E-state index contributed by atoms with van der Waals surface area (Å²) in [5.74, 6) is -1.17. The molecule has 2 N–H and O–H groups in total. The fourth-order valence-corrected chi connectivity index (χ4v) is 2.60. The largest absolute Gasteiger partial charge is 0.497 e. The van der Waals surface area contributed by atoms with Gasteiger partial charge in [-0.15, -0.1) is 0 Å². The van der Waals surface area contributed by atoms with Crippen LogP contribution < -0.4 is 9.64 Å². The predicted octanol–water partition coefficient (Wildman–Crippen LogP) is 3.38. The fraction of sp³-hybridized carbons (Fsp3) is 0.190. The van der Waals surface area contributed by atoms with Crippen LogP contribution in [0.1, 0.15) is 32.7 Å². The first-order valence-electron chi connectivity index (χ1n) is 8.47. The molecule has 7 nitrogen and oxygen atoms in total. The van der Waals surface area contributed by atoms with E-state index in [-0.39, 0.29) is 16.9 Å². The molecule has 2 aromatic carbocycles. The number of carbonyl (C=O) groups excluding carboxylic acids is 1. The van der Waals surface area contributed by atoms with Crippen LogP contribution in [0.2, 0.25) is 0 Å². The van der Waals surface area contributed by atoms with Gasteiger partial charge in [0.1, 0.15) is 5.75 Å². The van der Waals surface area contributed by atoms with Gasteiger partial charge >= 0.3 is 11.9 Å². The summed E-state index contributed by atoms with van der Waals surface area (Å²) in [6.07, 6.45) is 4.38. The van der Waals surface area contributed by atoms with E-state index in [1.54, 1.807) is 14.0 Å². The second-order valence-electron chi connectivity index (χ2n) is 6.15. The van der Waals surface area contributed by atoms with E-state index in [4.69, 9.17) is 14.9 Å². The number of rotatable bonds is 4. The Balaban J connectivity index is 0.000000203. The van der Waals surface area contributed by atoms with Crippen LogP contribution in [-0.4, -0.2) is 41.6 Å². The Labute approximate surface area is 162 Å². The highest BCUT2D eigenvalue weighted by Crippen LogP contribution is 2.21. The van der Waals surface area contributed by atoms with Gasteiger partial charge in [-0.3, -0.25) is 4.79 Å². The van der Waals surface area contributed by atoms with Crippen molar-refractivity contribution in [2.45, 2.75) is 13.3 Å². The topological polar surface area (TPSA) is 104 Å². The first-order valence-corrected chi connectivity index (χ1v) is 8.47. The first-order chi connectivity index (χ1) is 13.3. The lowest BCUT2D eigenvalue weighted by atomic mass is 10.1. The van der Waals surface area contributed by atoms with Crippen molar-refractivity contribution in [3.8, 4) is 5.75 Å². The molecule has 0 amide bonds. The molecule has 0 atom stereocenters. The Morgan fingerprint density at radius 3 is 2.04 bits per heavy atom. The van der Waals surface area contributed by atoms with Crippen molar-refractivity contribution in [3.05, 3.63) is 71.4 Å². The van der Waals surface area contributed by atoms with E-state index in [0.717, 1.165) is 17.5 Å². The van der Waals surface area contributed by atoms with E-state index in [1.807, 2.05) is 41.4 Å². The predicted molar refractivity (Wildman–Crippen MR) is 104 cm³/mol. The summed E-state index contributed by atoms with van der Waals surface area (Å²) in [5, 5.41) is 17.2. The van der Waals surface area contributed by atoms with Crippen LogP contribution in [0, 0.1) is 6.92 Å². The van der Waals surface area contributed by atoms with E-state index < -0.39 is 11.9 Å². The zero-order chi connectivity index (χ0) is 20.7. The number of hydrogen-bond acceptors (Lipinski definition) is 5. The molecule has 0 radical (unpaired) electrons. The third kappa shape index (κ3) is 5.70. The molecule has 28 heavy (non-hydrogen) atoms. The van der Waals surface area contributed by atoms with E-state index in [1.165, 1.54) is 12.1 Å². The van der Waals surface area contributed by atoms with Crippen LogP contribution in [0.25, 0.3) is 0 Å². The summed E-state index contributed by atoms with van der Waals surface area (Å²) in [7, 11) is 1.64. The maximum atomic E-state index is 11.3. The van der Waals surface area contributed by atoms with Gasteiger partial charge in [0.05, 0.1) is 24.8 Å². The standard InChI is InChI=1S/C12H13NO2.C9H8O4/c1-15-12-6-4-10(5-7-12)13-8-2-3-11(14)9-13;1-5-2-6(8(10)11)4-7(3-5)9(12)13/h2,4-8H,3,9H2,1H3;2-4H,1H3,(H,10,11)(H,12,13). The number of allylic oxidation sites excluding steroid dienone is 1. The molecule has 0 spiro atoms. The molecule has 3 rings (SSSR count). The number of benzene rings is 2. The third-order valence-electron chi connectivity index (χ3n) is 3.95. The summed E-state index contributed by atoms with van der Waals surface area (Å²) in [6.45, 7) is 2.11. The minimum Gasteiger partial charge on any atom is -0.497 e. The molecule has 1 aliphatic rings. The van der Waals surface area contributed by atoms with Gasteiger partial charge in [-0.1, -0.05) is 6.08 Å². The minimum absolute atomic E-state index is 0.00241. The Hall–Kier alpha value is -3.61. The number of methoxy groups -OCH3 is 1. The zero-order valence-corrected chi connectivity index (χ0v) is 15.6. The highest BCUT2D eigenvalue weighted by molar-refractivity contribution is 5.94. The molecule has 2 aromatic rings. The monoisotopic (exact) mass is 383 g/mol.